The van der Waals surface area contributed by atoms with Gasteiger partial charge in [-0.3, -0.25) is 4.79 Å². The van der Waals surface area contributed by atoms with Crippen LogP contribution in [0.1, 0.15) is 6.92 Å². The first kappa shape index (κ1) is 10.5. The van der Waals surface area contributed by atoms with Gasteiger partial charge in [0.25, 0.3) is 0 Å². The van der Waals surface area contributed by atoms with E-state index in [0.717, 1.165) is 15.4 Å². The van der Waals surface area contributed by atoms with Crippen LogP contribution in [-0.4, -0.2) is 11.0 Å². The highest BCUT2D eigenvalue weighted by molar-refractivity contribution is 9.10. The molecule has 15 heavy (non-hydrogen) atoms. The fourth-order valence-electron chi connectivity index (χ4n) is 1.33. The lowest BCUT2D eigenvalue weighted by Crippen LogP contribution is -2.00. The van der Waals surface area contributed by atoms with Gasteiger partial charge >= 0.3 is 5.97 Å². The van der Waals surface area contributed by atoms with Crippen molar-refractivity contribution in [1.82, 2.24) is 4.98 Å². The maximum atomic E-state index is 10.8. The molecule has 0 aliphatic carbocycles. The number of carbonyl (C=O) groups excluding carboxylic acids is 1. The maximum absolute atomic E-state index is 10.8. The molecule has 0 saturated carbocycles. The summed E-state index contributed by atoms with van der Waals surface area (Å²) in [6.07, 6.45) is 1.63. The topological polar surface area (TPSA) is 42.1 Å². The summed E-state index contributed by atoms with van der Waals surface area (Å²) in [5.41, 5.74) is 0.833. The predicted octanol–water partition coefficient (Wildman–Crippen LogP) is 3.51. The molecule has 0 saturated heterocycles. The van der Waals surface area contributed by atoms with Crippen molar-refractivity contribution in [2.24, 2.45) is 0 Å². The lowest BCUT2D eigenvalue weighted by molar-refractivity contribution is -0.131. The molecule has 0 bridgehead atoms. The standard InChI is InChI=1S/C10H7BrClNO2/c1-5(14)15-10-4-13-9-3-8(12)7(11)2-6(9)10/h2-4,13H,1H3. The van der Waals surface area contributed by atoms with Gasteiger partial charge in [-0.15, -0.1) is 0 Å². The summed E-state index contributed by atoms with van der Waals surface area (Å²) < 4.78 is 5.80. The van der Waals surface area contributed by atoms with Gasteiger partial charge in [0.2, 0.25) is 0 Å². The zero-order valence-electron chi connectivity index (χ0n) is 7.80. The summed E-state index contributed by atoms with van der Waals surface area (Å²) in [6, 6.07) is 3.58. The van der Waals surface area contributed by atoms with Gasteiger partial charge < -0.3 is 9.72 Å². The number of H-pyrrole nitrogens is 1. The molecule has 0 aliphatic heterocycles. The third-order valence-electron chi connectivity index (χ3n) is 1.94. The highest BCUT2D eigenvalue weighted by Crippen LogP contribution is 2.33. The van der Waals surface area contributed by atoms with Crippen molar-refractivity contribution >= 4 is 44.4 Å². The molecule has 0 atom stereocenters. The lowest BCUT2D eigenvalue weighted by atomic mass is 10.2. The van der Waals surface area contributed by atoms with E-state index in [1.807, 2.05) is 6.07 Å². The van der Waals surface area contributed by atoms with Gasteiger partial charge in [0.05, 0.1) is 10.5 Å². The predicted molar refractivity (Wildman–Crippen MR) is 62.3 cm³/mol. The number of aromatic nitrogens is 1. The van der Waals surface area contributed by atoms with Gasteiger partial charge in [-0.1, -0.05) is 11.6 Å². The average molecular weight is 289 g/mol. The average Bonchev–Trinajstić information content (AvgIpc) is 2.49. The Hall–Kier alpha value is -1.000. The van der Waals surface area contributed by atoms with E-state index < -0.39 is 0 Å². The fourth-order valence-corrected chi connectivity index (χ4v) is 1.84. The lowest BCUT2D eigenvalue weighted by Gasteiger charge is -2.00. The van der Waals surface area contributed by atoms with Gasteiger partial charge in [0.15, 0.2) is 5.75 Å². The van der Waals surface area contributed by atoms with Crippen molar-refractivity contribution in [1.29, 1.82) is 0 Å². The van der Waals surface area contributed by atoms with E-state index in [9.17, 15) is 4.79 Å². The van der Waals surface area contributed by atoms with Crippen molar-refractivity contribution in [2.75, 3.05) is 0 Å². The van der Waals surface area contributed by atoms with Gasteiger partial charge in [0, 0.05) is 23.0 Å². The number of aromatic amines is 1. The van der Waals surface area contributed by atoms with Crippen molar-refractivity contribution < 1.29 is 9.53 Å². The van der Waals surface area contributed by atoms with Crippen molar-refractivity contribution in [3.63, 3.8) is 0 Å². The van der Waals surface area contributed by atoms with E-state index in [4.69, 9.17) is 16.3 Å². The van der Waals surface area contributed by atoms with Crippen LogP contribution in [0.25, 0.3) is 10.9 Å². The second-order valence-corrected chi connectivity index (χ2v) is 4.32. The smallest absolute Gasteiger partial charge is 0.308 e. The summed E-state index contributed by atoms with van der Waals surface area (Å²) in [6.45, 7) is 1.36. The molecule has 1 N–H and O–H groups in total. The Bertz CT molecular complexity index is 535. The highest BCUT2D eigenvalue weighted by Gasteiger charge is 2.09. The molecule has 2 aromatic rings. The Morgan fingerprint density at radius 1 is 1.53 bits per heavy atom. The molecule has 2 rings (SSSR count). The molecule has 1 aromatic heterocycles. The Kier molecular flexibility index (Phi) is 2.71. The zero-order valence-corrected chi connectivity index (χ0v) is 10.1. The second kappa shape index (κ2) is 3.87. The van der Waals surface area contributed by atoms with Crippen LogP contribution in [-0.2, 0) is 4.79 Å². The monoisotopic (exact) mass is 287 g/mol. The molecule has 0 radical (unpaired) electrons. The number of fused-ring (bicyclic) bond motifs is 1. The molecule has 1 aromatic carbocycles. The van der Waals surface area contributed by atoms with Gasteiger partial charge in [-0.2, -0.15) is 0 Å². The van der Waals surface area contributed by atoms with Crippen LogP contribution in [0.5, 0.6) is 5.75 Å². The maximum Gasteiger partial charge on any atom is 0.308 e. The summed E-state index contributed by atoms with van der Waals surface area (Å²) in [5.74, 6) is 0.164. The number of rotatable bonds is 1. The van der Waals surface area contributed by atoms with Gasteiger partial charge in [0.1, 0.15) is 0 Å². The summed E-state index contributed by atoms with van der Waals surface area (Å²) in [7, 11) is 0. The Morgan fingerprint density at radius 3 is 2.93 bits per heavy atom. The van der Waals surface area contributed by atoms with E-state index >= 15 is 0 Å². The van der Waals surface area contributed by atoms with Gasteiger partial charge in [-0.25, -0.2) is 0 Å². The summed E-state index contributed by atoms with van der Waals surface area (Å²) >= 11 is 9.24. The van der Waals surface area contributed by atoms with Gasteiger partial charge in [-0.05, 0) is 28.1 Å². The molecule has 3 nitrogen and oxygen atoms in total. The zero-order chi connectivity index (χ0) is 11.0. The van der Waals surface area contributed by atoms with Crippen molar-refractivity contribution in [3.8, 4) is 5.75 Å². The SMILES string of the molecule is CC(=O)Oc1c[nH]c2cc(Cl)c(Br)cc12. The largest absolute Gasteiger partial charge is 0.424 e. The molecular weight excluding hydrogens is 281 g/mol. The van der Waals surface area contributed by atoms with Crippen LogP contribution in [0.4, 0.5) is 0 Å². The minimum absolute atomic E-state index is 0.345. The minimum Gasteiger partial charge on any atom is -0.424 e. The third kappa shape index (κ3) is 2.01. The number of carbonyl (C=O) groups is 1. The number of nitrogens with one attached hydrogen (secondary N) is 1. The van der Waals surface area contributed by atoms with Crippen LogP contribution in [0, 0.1) is 0 Å². The first-order valence-corrected chi connectivity index (χ1v) is 5.39. The van der Waals surface area contributed by atoms with E-state index in [2.05, 4.69) is 20.9 Å². The molecule has 0 aliphatic rings. The normalized spacial score (nSPS) is 10.6. The van der Waals surface area contributed by atoms with Crippen LogP contribution >= 0.6 is 27.5 Å². The Balaban J connectivity index is 2.59. The quantitative estimate of drug-likeness (QED) is 0.816. The van der Waals surface area contributed by atoms with E-state index in [1.165, 1.54) is 6.92 Å². The van der Waals surface area contributed by atoms with Crippen molar-refractivity contribution in [3.05, 3.63) is 27.8 Å². The number of hydrogen-bond acceptors (Lipinski definition) is 2. The Labute approximate surface area is 99.5 Å². The number of benzene rings is 1. The summed E-state index contributed by atoms with van der Waals surface area (Å²) in [4.78, 5) is 13.8. The number of esters is 1. The first-order chi connectivity index (χ1) is 7.08. The molecule has 1 heterocycles. The molecular formula is C10H7BrClNO2. The second-order valence-electron chi connectivity index (χ2n) is 3.06. The van der Waals surface area contributed by atoms with Crippen molar-refractivity contribution in [2.45, 2.75) is 6.92 Å². The fraction of sp³-hybridized carbons (Fsp3) is 0.100. The first-order valence-electron chi connectivity index (χ1n) is 4.22. The molecule has 0 amide bonds. The molecule has 5 heteroatoms. The van der Waals surface area contributed by atoms with E-state index in [-0.39, 0.29) is 5.97 Å². The highest BCUT2D eigenvalue weighted by atomic mass is 79.9. The molecule has 0 fully saturated rings. The molecule has 0 spiro atoms. The number of hydrogen-bond donors (Lipinski definition) is 1. The van der Waals surface area contributed by atoms with Crippen LogP contribution in [0.3, 0.4) is 0 Å². The Morgan fingerprint density at radius 2 is 2.27 bits per heavy atom. The van der Waals surface area contributed by atoms with E-state index in [1.54, 1.807) is 12.3 Å². The summed E-state index contributed by atoms with van der Waals surface area (Å²) in [5, 5.41) is 1.43. The molecule has 78 valence electrons. The molecule has 0 unspecified atom stereocenters. The van der Waals surface area contributed by atoms with Crippen LogP contribution in [0.2, 0.25) is 5.02 Å². The number of halogens is 2. The van der Waals surface area contributed by atoms with E-state index in [0.29, 0.717) is 10.8 Å². The number of ether oxygens (including phenoxy) is 1. The minimum atomic E-state index is -0.345. The van der Waals surface area contributed by atoms with Crippen LogP contribution < -0.4 is 4.74 Å². The van der Waals surface area contributed by atoms with Crippen LogP contribution in [0.15, 0.2) is 22.8 Å². The third-order valence-corrected chi connectivity index (χ3v) is 3.14.